The lowest BCUT2D eigenvalue weighted by Crippen LogP contribution is -2.24. The molecule has 2 aromatic carbocycles. The van der Waals surface area contributed by atoms with Crippen molar-refractivity contribution >= 4 is 95.6 Å². The summed E-state index contributed by atoms with van der Waals surface area (Å²) in [5.74, 6) is 1.57. The van der Waals surface area contributed by atoms with Crippen LogP contribution in [0, 0.1) is 0 Å². The molecular formula is C27H34Br6O4. The minimum atomic E-state index is 0.00821. The quantitative estimate of drug-likeness (QED) is 0.110. The summed E-state index contributed by atoms with van der Waals surface area (Å²) in [4.78, 5) is 0.131. The van der Waals surface area contributed by atoms with Crippen molar-refractivity contribution in [2.45, 2.75) is 56.9 Å². The number of alkyl halides is 2. The maximum absolute atomic E-state index is 6.10. The molecule has 4 nitrogen and oxygen atoms in total. The van der Waals surface area contributed by atoms with E-state index >= 15 is 0 Å². The second-order valence-electron chi connectivity index (χ2n) is 8.60. The van der Waals surface area contributed by atoms with Crippen LogP contribution < -0.4 is 9.47 Å². The van der Waals surface area contributed by atoms with Gasteiger partial charge in [-0.05, 0) is 118 Å². The monoisotopic (exact) mass is 896 g/mol. The zero-order valence-electron chi connectivity index (χ0n) is 21.1. The Kier molecular flexibility index (Phi) is 17.5. The van der Waals surface area contributed by atoms with Crippen LogP contribution in [-0.2, 0) is 15.9 Å². The van der Waals surface area contributed by atoms with E-state index < -0.39 is 0 Å². The summed E-state index contributed by atoms with van der Waals surface area (Å²) < 4.78 is 27.4. The van der Waals surface area contributed by atoms with E-state index in [0.717, 1.165) is 91.2 Å². The van der Waals surface area contributed by atoms with Crippen LogP contribution in [0.3, 0.4) is 0 Å². The van der Waals surface area contributed by atoms with E-state index in [1.54, 1.807) is 0 Å². The molecule has 0 spiro atoms. The summed E-state index contributed by atoms with van der Waals surface area (Å²) in [5, 5.41) is 0.733. The standard InChI is InChI=1S/C27H34Br6O4/c1-3-5-7-34-15-20(29)16-36-26-22(30)10-18(11-23(26)31)9-19-12-24(32)27(25(33)13-19)37-17-21(14-28)35-8-6-4-2/h10-13,20-21H,3-9,14-17H2,1-2H3. The van der Waals surface area contributed by atoms with Gasteiger partial charge < -0.3 is 18.9 Å². The Bertz CT molecular complexity index is 912. The van der Waals surface area contributed by atoms with Gasteiger partial charge in [0, 0.05) is 18.5 Å². The smallest absolute Gasteiger partial charge is 0.147 e. The van der Waals surface area contributed by atoms with Crippen LogP contribution in [0.25, 0.3) is 0 Å². The first-order valence-electron chi connectivity index (χ1n) is 12.4. The van der Waals surface area contributed by atoms with Gasteiger partial charge in [-0.1, -0.05) is 58.5 Å². The highest BCUT2D eigenvalue weighted by atomic mass is 79.9. The Morgan fingerprint density at radius 1 is 0.703 bits per heavy atom. The molecule has 0 heterocycles. The van der Waals surface area contributed by atoms with E-state index in [4.69, 9.17) is 18.9 Å². The third kappa shape index (κ3) is 12.5. The van der Waals surface area contributed by atoms with Crippen LogP contribution in [-0.4, -0.2) is 49.3 Å². The normalized spacial score (nSPS) is 13.0. The van der Waals surface area contributed by atoms with E-state index in [9.17, 15) is 0 Å². The van der Waals surface area contributed by atoms with E-state index in [1.807, 2.05) is 0 Å². The van der Waals surface area contributed by atoms with E-state index in [-0.39, 0.29) is 10.9 Å². The molecule has 0 radical (unpaired) electrons. The molecule has 0 aliphatic carbocycles. The number of ether oxygens (including phenoxy) is 4. The average Bonchev–Trinajstić information content (AvgIpc) is 2.84. The Hall–Kier alpha value is 0.840. The zero-order valence-corrected chi connectivity index (χ0v) is 30.7. The molecule has 208 valence electrons. The lowest BCUT2D eigenvalue weighted by Gasteiger charge is -2.18. The predicted molar refractivity (Wildman–Crippen MR) is 174 cm³/mol. The fourth-order valence-corrected chi connectivity index (χ4v) is 7.04. The Morgan fingerprint density at radius 2 is 1.19 bits per heavy atom. The summed E-state index contributed by atoms with van der Waals surface area (Å²) in [5.41, 5.74) is 2.31. The van der Waals surface area contributed by atoms with E-state index in [1.165, 1.54) is 0 Å². The average molecular weight is 902 g/mol. The molecule has 37 heavy (non-hydrogen) atoms. The Morgan fingerprint density at radius 3 is 1.68 bits per heavy atom. The summed E-state index contributed by atoms with van der Waals surface area (Å²) in [6.07, 6.45) is 5.14. The molecule has 2 aromatic rings. The summed E-state index contributed by atoms with van der Waals surface area (Å²) in [6, 6.07) is 8.39. The molecule has 0 saturated carbocycles. The number of rotatable bonds is 18. The largest absolute Gasteiger partial charge is 0.490 e. The third-order valence-corrected chi connectivity index (χ3v) is 8.92. The molecule has 0 saturated heterocycles. The molecular weight excluding hydrogens is 868 g/mol. The fraction of sp³-hybridized carbons (Fsp3) is 0.556. The lowest BCUT2D eigenvalue weighted by molar-refractivity contribution is 0.0342. The molecule has 0 amide bonds. The van der Waals surface area contributed by atoms with Gasteiger partial charge in [-0.25, -0.2) is 0 Å². The van der Waals surface area contributed by atoms with Gasteiger partial charge in [0.1, 0.15) is 30.8 Å². The predicted octanol–water partition coefficient (Wildman–Crippen LogP) is 10.2. The molecule has 10 heteroatoms. The number of halogens is 6. The molecule has 0 bridgehead atoms. The summed E-state index contributed by atoms with van der Waals surface area (Å²) >= 11 is 21.9. The van der Waals surface area contributed by atoms with Gasteiger partial charge in [-0.2, -0.15) is 0 Å². The van der Waals surface area contributed by atoms with Gasteiger partial charge in [-0.3, -0.25) is 0 Å². The van der Waals surface area contributed by atoms with E-state index in [0.29, 0.717) is 19.8 Å². The SMILES string of the molecule is CCCCOCC(Br)COc1c(Br)cc(Cc2cc(Br)c(OCC(CBr)OCCCC)c(Br)c2)cc1Br. The molecule has 0 fully saturated rings. The van der Waals surface area contributed by atoms with Crippen molar-refractivity contribution in [1.29, 1.82) is 0 Å². The maximum atomic E-state index is 6.10. The van der Waals surface area contributed by atoms with Gasteiger partial charge >= 0.3 is 0 Å². The van der Waals surface area contributed by atoms with Crippen molar-refractivity contribution in [2.24, 2.45) is 0 Å². The molecule has 0 aliphatic rings. The van der Waals surface area contributed by atoms with Gasteiger partial charge in [0.15, 0.2) is 0 Å². The summed E-state index contributed by atoms with van der Waals surface area (Å²) in [6.45, 7) is 7.46. The van der Waals surface area contributed by atoms with E-state index in [2.05, 4.69) is 134 Å². The molecule has 2 unspecified atom stereocenters. The topological polar surface area (TPSA) is 36.9 Å². The highest BCUT2D eigenvalue weighted by molar-refractivity contribution is 9.11. The van der Waals surface area contributed by atoms with Crippen molar-refractivity contribution in [3.8, 4) is 11.5 Å². The molecule has 2 atom stereocenters. The van der Waals surface area contributed by atoms with Crippen molar-refractivity contribution in [3.05, 3.63) is 53.3 Å². The Balaban J connectivity index is 1.99. The van der Waals surface area contributed by atoms with Crippen LogP contribution in [0.15, 0.2) is 42.2 Å². The van der Waals surface area contributed by atoms with Gasteiger partial charge in [0.05, 0.1) is 29.3 Å². The minimum absolute atomic E-state index is 0.00821. The number of hydrogen-bond donors (Lipinski definition) is 0. The van der Waals surface area contributed by atoms with Crippen LogP contribution in [0.2, 0.25) is 0 Å². The number of hydrogen-bond acceptors (Lipinski definition) is 4. The fourth-order valence-electron chi connectivity index (χ4n) is 3.33. The molecule has 0 N–H and O–H groups in total. The second-order valence-corrected chi connectivity index (χ2v) is 14.0. The van der Waals surface area contributed by atoms with Crippen LogP contribution in [0.4, 0.5) is 0 Å². The van der Waals surface area contributed by atoms with Crippen molar-refractivity contribution in [1.82, 2.24) is 0 Å². The first-order chi connectivity index (χ1) is 17.8. The van der Waals surface area contributed by atoms with Gasteiger partial charge in [0.25, 0.3) is 0 Å². The lowest BCUT2D eigenvalue weighted by atomic mass is 10.0. The first kappa shape index (κ1) is 34.0. The highest BCUT2D eigenvalue weighted by Gasteiger charge is 2.16. The van der Waals surface area contributed by atoms with Crippen LogP contribution in [0.5, 0.6) is 11.5 Å². The second kappa shape index (κ2) is 19.1. The zero-order chi connectivity index (χ0) is 27.2. The third-order valence-electron chi connectivity index (χ3n) is 5.31. The summed E-state index contributed by atoms with van der Waals surface area (Å²) in [7, 11) is 0. The van der Waals surface area contributed by atoms with Crippen LogP contribution in [0.1, 0.15) is 50.7 Å². The van der Waals surface area contributed by atoms with Gasteiger partial charge in [0.2, 0.25) is 0 Å². The van der Waals surface area contributed by atoms with Crippen molar-refractivity contribution in [3.63, 3.8) is 0 Å². The Labute approximate surface area is 272 Å². The maximum Gasteiger partial charge on any atom is 0.147 e. The number of benzene rings is 2. The minimum Gasteiger partial charge on any atom is -0.490 e. The molecule has 2 rings (SSSR count). The van der Waals surface area contributed by atoms with Crippen molar-refractivity contribution in [2.75, 3.05) is 38.4 Å². The highest BCUT2D eigenvalue weighted by Crippen LogP contribution is 2.38. The van der Waals surface area contributed by atoms with Crippen LogP contribution >= 0.6 is 95.6 Å². The van der Waals surface area contributed by atoms with Gasteiger partial charge in [-0.15, -0.1) is 0 Å². The van der Waals surface area contributed by atoms with Crippen molar-refractivity contribution < 1.29 is 18.9 Å². The molecule has 0 aromatic heterocycles. The molecule has 0 aliphatic heterocycles. The first-order valence-corrected chi connectivity index (χ1v) is 17.6. The number of unbranched alkanes of at least 4 members (excludes halogenated alkanes) is 2.